The van der Waals surface area contributed by atoms with Crippen LogP contribution in [0.3, 0.4) is 0 Å². The number of amides is 1. The molecule has 5 rings (SSSR count). The number of aryl methyl sites for hydroxylation is 2. The highest BCUT2D eigenvalue weighted by atomic mass is 16.5. The van der Waals surface area contributed by atoms with Crippen molar-refractivity contribution in [2.24, 2.45) is 5.10 Å². The summed E-state index contributed by atoms with van der Waals surface area (Å²) in [5, 5.41) is 14.0. The number of carbonyl (C=O) groups excluding carboxylic acids is 1. The zero-order valence-corrected chi connectivity index (χ0v) is 18.7. The molecule has 33 heavy (non-hydrogen) atoms. The molecule has 7 nitrogen and oxygen atoms in total. The number of hydrogen-bond donors (Lipinski definition) is 2. The second-order valence-corrected chi connectivity index (χ2v) is 7.99. The van der Waals surface area contributed by atoms with Gasteiger partial charge in [0.2, 0.25) is 0 Å². The van der Waals surface area contributed by atoms with Gasteiger partial charge >= 0.3 is 0 Å². The van der Waals surface area contributed by atoms with E-state index >= 15 is 0 Å². The standard InChI is InChI=1S/C26H24N4O3/c1-15(18-10-12-23(32-2)24(13-18)33-3)27-30-26(31)22-14-21(28-29-22)19-11-9-17-8-7-16-5-4-6-20(19)25(16)17/h4-6,9-14H,7-8H2,1-3H3,(H,28,29)(H,30,31)/b27-15-. The summed E-state index contributed by atoms with van der Waals surface area (Å²) in [6.07, 6.45) is 2.14. The number of hydrogen-bond acceptors (Lipinski definition) is 5. The molecule has 1 aliphatic rings. The molecule has 0 atom stereocenters. The van der Waals surface area contributed by atoms with Gasteiger partial charge in [-0.1, -0.05) is 30.3 Å². The fourth-order valence-corrected chi connectivity index (χ4v) is 4.37. The second kappa shape index (κ2) is 8.43. The monoisotopic (exact) mass is 440 g/mol. The maximum absolute atomic E-state index is 12.7. The fraction of sp³-hybridized carbons (Fsp3) is 0.192. The van der Waals surface area contributed by atoms with Crippen LogP contribution in [0, 0.1) is 0 Å². The number of hydrazone groups is 1. The Kier molecular flexibility index (Phi) is 5.30. The van der Waals surface area contributed by atoms with Crippen molar-refractivity contribution in [3.63, 3.8) is 0 Å². The van der Waals surface area contributed by atoms with E-state index in [9.17, 15) is 4.79 Å². The number of nitrogens with zero attached hydrogens (tertiary/aromatic N) is 2. The summed E-state index contributed by atoms with van der Waals surface area (Å²) in [6.45, 7) is 1.81. The molecule has 0 spiro atoms. The zero-order valence-electron chi connectivity index (χ0n) is 18.7. The van der Waals surface area contributed by atoms with Gasteiger partial charge in [0.05, 0.1) is 25.6 Å². The third-order valence-corrected chi connectivity index (χ3v) is 6.10. The van der Waals surface area contributed by atoms with Gasteiger partial charge in [0.1, 0.15) is 5.69 Å². The van der Waals surface area contributed by atoms with Crippen molar-refractivity contribution in [3.05, 3.63) is 77.0 Å². The van der Waals surface area contributed by atoms with Crippen molar-refractivity contribution in [3.8, 4) is 22.8 Å². The van der Waals surface area contributed by atoms with Crippen LogP contribution in [0.2, 0.25) is 0 Å². The van der Waals surface area contributed by atoms with Crippen molar-refractivity contribution in [2.75, 3.05) is 14.2 Å². The predicted molar refractivity (Wildman–Crippen MR) is 128 cm³/mol. The molecule has 0 aliphatic heterocycles. The van der Waals surface area contributed by atoms with Crippen molar-refractivity contribution in [1.82, 2.24) is 15.6 Å². The lowest BCUT2D eigenvalue weighted by Gasteiger charge is -2.09. The normalized spacial score (nSPS) is 12.8. The number of methoxy groups -OCH3 is 2. The Hall–Kier alpha value is -4.13. The molecule has 7 heteroatoms. The highest BCUT2D eigenvalue weighted by Crippen LogP contribution is 2.36. The van der Waals surface area contributed by atoms with Gasteiger partial charge in [-0.3, -0.25) is 9.89 Å². The summed E-state index contributed by atoms with van der Waals surface area (Å²) in [5.74, 6) is 0.866. The molecule has 0 unspecified atom stereocenters. The third-order valence-electron chi connectivity index (χ3n) is 6.10. The van der Waals surface area contributed by atoms with E-state index in [0.29, 0.717) is 22.9 Å². The van der Waals surface area contributed by atoms with Gasteiger partial charge in [-0.05, 0) is 65.9 Å². The van der Waals surface area contributed by atoms with Gasteiger partial charge in [-0.15, -0.1) is 0 Å². The minimum absolute atomic E-state index is 0.345. The zero-order chi connectivity index (χ0) is 22.9. The Morgan fingerprint density at radius 2 is 1.79 bits per heavy atom. The first-order chi connectivity index (χ1) is 16.1. The van der Waals surface area contributed by atoms with E-state index in [1.165, 1.54) is 21.9 Å². The summed E-state index contributed by atoms with van der Waals surface area (Å²) in [5.41, 5.74) is 8.88. The molecule has 0 fully saturated rings. The topological polar surface area (TPSA) is 88.6 Å². The average molecular weight is 441 g/mol. The molecular formula is C26H24N4O3. The highest BCUT2D eigenvalue weighted by molar-refractivity contribution is 6.03. The molecule has 4 aromatic rings. The summed E-state index contributed by atoms with van der Waals surface area (Å²) in [4.78, 5) is 12.7. The Bertz CT molecular complexity index is 1390. The third kappa shape index (κ3) is 3.71. The van der Waals surface area contributed by atoms with Crippen LogP contribution in [0.5, 0.6) is 11.5 Å². The van der Waals surface area contributed by atoms with Crippen molar-refractivity contribution < 1.29 is 14.3 Å². The molecule has 2 N–H and O–H groups in total. The number of H-pyrrole nitrogens is 1. The molecule has 166 valence electrons. The summed E-state index contributed by atoms with van der Waals surface area (Å²) < 4.78 is 10.6. The predicted octanol–water partition coefficient (Wildman–Crippen LogP) is 4.50. The first-order valence-corrected chi connectivity index (χ1v) is 10.8. The smallest absolute Gasteiger partial charge is 0.289 e. The quantitative estimate of drug-likeness (QED) is 0.341. The lowest BCUT2D eigenvalue weighted by molar-refractivity contribution is 0.0950. The Morgan fingerprint density at radius 1 is 1.00 bits per heavy atom. The van der Waals surface area contributed by atoms with E-state index in [-0.39, 0.29) is 5.91 Å². The molecule has 0 radical (unpaired) electrons. The largest absolute Gasteiger partial charge is 0.493 e. The van der Waals surface area contributed by atoms with Crippen LogP contribution in [-0.2, 0) is 12.8 Å². The van der Waals surface area contributed by atoms with Crippen molar-refractivity contribution in [1.29, 1.82) is 0 Å². The van der Waals surface area contributed by atoms with Crippen LogP contribution in [0.15, 0.2) is 59.7 Å². The first kappa shape index (κ1) is 20.8. The molecule has 1 aromatic heterocycles. The van der Waals surface area contributed by atoms with E-state index in [4.69, 9.17) is 9.47 Å². The molecule has 0 bridgehead atoms. The van der Waals surface area contributed by atoms with E-state index < -0.39 is 0 Å². The number of ether oxygens (including phenoxy) is 2. The van der Waals surface area contributed by atoms with E-state index in [1.54, 1.807) is 26.4 Å². The summed E-state index contributed by atoms with van der Waals surface area (Å²) >= 11 is 0. The summed E-state index contributed by atoms with van der Waals surface area (Å²) in [6, 6.07) is 17.9. The van der Waals surface area contributed by atoms with Crippen molar-refractivity contribution >= 4 is 22.4 Å². The number of nitrogens with one attached hydrogen (secondary N) is 2. The Balaban J connectivity index is 1.37. The van der Waals surface area contributed by atoms with Crippen molar-refractivity contribution in [2.45, 2.75) is 19.8 Å². The molecule has 0 saturated carbocycles. The number of carbonyl (C=O) groups is 1. The van der Waals surface area contributed by atoms with Gasteiger partial charge in [0.25, 0.3) is 5.91 Å². The highest BCUT2D eigenvalue weighted by Gasteiger charge is 2.18. The fourth-order valence-electron chi connectivity index (χ4n) is 4.37. The molecule has 0 saturated heterocycles. The van der Waals surface area contributed by atoms with Crippen LogP contribution in [0.25, 0.3) is 22.0 Å². The second-order valence-electron chi connectivity index (χ2n) is 7.99. The number of aromatic amines is 1. The van der Waals surface area contributed by atoms with Crippen LogP contribution in [0.4, 0.5) is 0 Å². The number of aromatic nitrogens is 2. The van der Waals surface area contributed by atoms with E-state index in [2.05, 4.69) is 51.1 Å². The van der Waals surface area contributed by atoms with E-state index in [1.807, 2.05) is 19.1 Å². The SMILES string of the molecule is COc1ccc(/C(C)=N\NC(=O)c2cc(-c3ccc4c5c(cccc35)CC4)n[nH]2)cc1OC. The van der Waals surface area contributed by atoms with Crippen LogP contribution < -0.4 is 14.9 Å². The minimum Gasteiger partial charge on any atom is -0.493 e. The molecular weight excluding hydrogens is 416 g/mol. The van der Waals surface area contributed by atoms with Gasteiger partial charge in [-0.25, -0.2) is 5.43 Å². The maximum atomic E-state index is 12.7. The summed E-state index contributed by atoms with van der Waals surface area (Å²) in [7, 11) is 3.16. The average Bonchev–Trinajstić information content (AvgIpc) is 3.51. The molecule has 1 aliphatic carbocycles. The minimum atomic E-state index is -0.362. The number of rotatable bonds is 6. The van der Waals surface area contributed by atoms with Crippen LogP contribution in [-0.4, -0.2) is 36.0 Å². The Labute approximate surface area is 191 Å². The first-order valence-electron chi connectivity index (χ1n) is 10.8. The van der Waals surface area contributed by atoms with Crippen LogP contribution >= 0.6 is 0 Å². The molecule has 1 amide bonds. The van der Waals surface area contributed by atoms with Crippen LogP contribution in [0.1, 0.15) is 34.1 Å². The van der Waals surface area contributed by atoms with E-state index in [0.717, 1.165) is 29.7 Å². The molecule has 1 heterocycles. The van der Waals surface area contributed by atoms with Gasteiger partial charge in [-0.2, -0.15) is 10.2 Å². The lowest BCUT2D eigenvalue weighted by atomic mass is 9.98. The van der Waals surface area contributed by atoms with Gasteiger partial charge in [0, 0.05) is 11.1 Å². The number of benzene rings is 3. The maximum Gasteiger partial charge on any atom is 0.289 e. The van der Waals surface area contributed by atoms with Gasteiger partial charge < -0.3 is 9.47 Å². The van der Waals surface area contributed by atoms with Gasteiger partial charge in [0.15, 0.2) is 11.5 Å². The Morgan fingerprint density at radius 3 is 2.58 bits per heavy atom. The molecule has 3 aromatic carbocycles. The lowest BCUT2D eigenvalue weighted by Crippen LogP contribution is -2.19.